The number of rotatable bonds is 5. The van der Waals surface area contributed by atoms with Gasteiger partial charge in [-0.2, -0.15) is 0 Å². The lowest BCUT2D eigenvalue weighted by Gasteiger charge is -2.27. The second-order valence-corrected chi connectivity index (χ2v) is 4.13. The Morgan fingerprint density at radius 1 is 1.14 bits per heavy atom. The first-order chi connectivity index (χ1) is 6.70. The van der Waals surface area contributed by atoms with Gasteiger partial charge in [0.1, 0.15) is 0 Å². The van der Waals surface area contributed by atoms with Gasteiger partial charge in [0.05, 0.1) is 0 Å². The van der Waals surface area contributed by atoms with Crippen LogP contribution in [0.25, 0.3) is 0 Å². The van der Waals surface area contributed by atoms with Crippen LogP contribution in [-0.2, 0) is 6.42 Å². The second kappa shape index (κ2) is 5.16. The SMILES string of the molecule is CCCC(N)(CC)Cc1ccccc1. The molecule has 1 heteroatoms. The standard InChI is InChI=1S/C13H21N/c1-3-10-13(14,4-2)11-12-8-6-5-7-9-12/h5-9H,3-4,10-11,14H2,1-2H3. The minimum Gasteiger partial charge on any atom is -0.325 e. The van der Waals surface area contributed by atoms with E-state index in [1.54, 1.807) is 0 Å². The van der Waals surface area contributed by atoms with Crippen molar-refractivity contribution in [2.75, 3.05) is 0 Å². The zero-order valence-electron chi connectivity index (χ0n) is 9.29. The van der Waals surface area contributed by atoms with E-state index in [0.29, 0.717) is 0 Å². The normalized spacial score (nSPS) is 15.1. The molecule has 0 heterocycles. The smallest absolute Gasteiger partial charge is 0.0192 e. The summed E-state index contributed by atoms with van der Waals surface area (Å²) in [5.74, 6) is 0. The summed E-state index contributed by atoms with van der Waals surface area (Å²) < 4.78 is 0. The van der Waals surface area contributed by atoms with E-state index >= 15 is 0 Å². The van der Waals surface area contributed by atoms with Gasteiger partial charge in [-0.25, -0.2) is 0 Å². The molecule has 0 aliphatic rings. The summed E-state index contributed by atoms with van der Waals surface area (Å²) in [7, 11) is 0. The third-order valence-corrected chi connectivity index (χ3v) is 2.85. The Hall–Kier alpha value is -0.820. The van der Waals surface area contributed by atoms with Crippen LogP contribution in [0.5, 0.6) is 0 Å². The molecule has 0 amide bonds. The minimum absolute atomic E-state index is 0.00387. The van der Waals surface area contributed by atoms with Crippen molar-refractivity contribution in [3.8, 4) is 0 Å². The fourth-order valence-electron chi connectivity index (χ4n) is 1.89. The number of nitrogens with two attached hydrogens (primary N) is 1. The molecule has 1 rings (SSSR count). The van der Waals surface area contributed by atoms with Gasteiger partial charge in [-0.05, 0) is 24.8 Å². The Bertz CT molecular complexity index is 255. The Balaban J connectivity index is 2.65. The molecule has 1 unspecified atom stereocenters. The van der Waals surface area contributed by atoms with E-state index in [2.05, 4.69) is 38.1 Å². The highest BCUT2D eigenvalue weighted by Crippen LogP contribution is 2.19. The zero-order chi connectivity index (χ0) is 10.4. The zero-order valence-corrected chi connectivity index (χ0v) is 9.29. The molecule has 1 aromatic carbocycles. The lowest BCUT2D eigenvalue weighted by molar-refractivity contribution is 0.373. The molecule has 0 saturated carbocycles. The Kier molecular flexibility index (Phi) is 4.15. The Labute approximate surface area is 87.3 Å². The molecule has 0 aliphatic heterocycles. The van der Waals surface area contributed by atoms with Crippen molar-refractivity contribution in [1.29, 1.82) is 0 Å². The van der Waals surface area contributed by atoms with Crippen molar-refractivity contribution in [1.82, 2.24) is 0 Å². The molecule has 0 saturated heterocycles. The van der Waals surface area contributed by atoms with E-state index < -0.39 is 0 Å². The van der Waals surface area contributed by atoms with Crippen molar-refractivity contribution in [3.05, 3.63) is 35.9 Å². The maximum absolute atomic E-state index is 6.34. The molecule has 0 aliphatic carbocycles. The van der Waals surface area contributed by atoms with Gasteiger partial charge in [-0.1, -0.05) is 50.6 Å². The third-order valence-electron chi connectivity index (χ3n) is 2.85. The summed E-state index contributed by atoms with van der Waals surface area (Å²) in [6.07, 6.45) is 4.32. The predicted molar refractivity (Wildman–Crippen MR) is 62.3 cm³/mol. The molecule has 0 bridgehead atoms. The quantitative estimate of drug-likeness (QED) is 0.760. The summed E-state index contributed by atoms with van der Waals surface area (Å²) >= 11 is 0. The number of hydrogen-bond acceptors (Lipinski definition) is 1. The first kappa shape index (κ1) is 11.3. The van der Waals surface area contributed by atoms with Gasteiger partial charge in [0.25, 0.3) is 0 Å². The molecule has 1 atom stereocenters. The summed E-state index contributed by atoms with van der Waals surface area (Å²) in [5.41, 5.74) is 7.69. The predicted octanol–water partition coefficient (Wildman–Crippen LogP) is 3.14. The largest absolute Gasteiger partial charge is 0.325 e. The minimum atomic E-state index is -0.00387. The van der Waals surface area contributed by atoms with Crippen LogP contribution in [-0.4, -0.2) is 5.54 Å². The summed E-state index contributed by atoms with van der Waals surface area (Å²) in [6, 6.07) is 10.5. The van der Waals surface area contributed by atoms with Gasteiger partial charge in [0.15, 0.2) is 0 Å². The van der Waals surface area contributed by atoms with Crippen LogP contribution in [0.1, 0.15) is 38.7 Å². The monoisotopic (exact) mass is 191 g/mol. The highest BCUT2D eigenvalue weighted by molar-refractivity contribution is 5.17. The van der Waals surface area contributed by atoms with Gasteiger partial charge in [0, 0.05) is 5.54 Å². The molecule has 1 aromatic rings. The lowest BCUT2D eigenvalue weighted by Crippen LogP contribution is -2.41. The van der Waals surface area contributed by atoms with E-state index in [1.807, 2.05) is 6.07 Å². The first-order valence-electron chi connectivity index (χ1n) is 5.53. The molecule has 78 valence electrons. The van der Waals surface area contributed by atoms with E-state index in [4.69, 9.17) is 5.73 Å². The van der Waals surface area contributed by atoms with Crippen molar-refractivity contribution in [3.63, 3.8) is 0 Å². The van der Waals surface area contributed by atoms with Crippen molar-refractivity contribution in [2.24, 2.45) is 5.73 Å². The first-order valence-corrected chi connectivity index (χ1v) is 5.53. The summed E-state index contributed by atoms with van der Waals surface area (Å²) in [4.78, 5) is 0. The van der Waals surface area contributed by atoms with E-state index in [-0.39, 0.29) is 5.54 Å². The number of benzene rings is 1. The van der Waals surface area contributed by atoms with E-state index in [0.717, 1.165) is 25.7 Å². The van der Waals surface area contributed by atoms with Crippen molar-refractivity contribution >= 4 is 0 Å². The van der Waals surface area contributed by atoms with Crippen LogP contribution in [0.3, 0.4) is 0 Å². The summed E-state index contributed by atoms with van der Waals surface area (Å²) in [5, 5.41) is 0. The topological polar surface area (TPSA) is 26.0 Å². The summed E-state index contributed by atoms with van der Waals surface area (Å²) in [6.45, 7) is 4.38. The Morgan fingerprint density at radius 2 is 1.79 bits per heavy atom. The maximum atomic E-state index is 6.34. The van der Waals surface area contributed by atoms with Crippen molar-refractivity contribution in [2.45, 2.75) is 45.1 Å². The van der Waals surface area contributed by atoms with Crippen LogP contribution in [0.15, 0.2) is 30.3 Å². The van der Waals surface area contributed by atoms with Crippen LogP contribution >= 0.6 is 0 Å². The van der Waals surface area contributed by atoms with Gasteiger partial charge >= 0.3 is 0 Å². The molecule has 0 spiro atoms. The third kappa shape index (κ3) is 3.15. The Morgan fingerprint density at radius 3 is 2.29 bits per heavy atom. The molecular formula is C13H21N. The van der Waals surface area contributed by atoms with Crippen molar-refractivity contribution < 1.29 is 0 Å². The molecule has 0 aromatic heterocycles. The second-order valence-electron chi connectivity index (χ2n) is 4.13. The molecule has 1 nitrogen and oxygen atoms in total. The van der Waals surface area contributed by atoms with Crippen LogP contribution in [0, 0.1) is 0 Å². The fourth-order valence-corrected chi connectivity index (χ4v) is 1.89. The lowest BCUT2D eigenvalue weighted by atomic mass is 9.85. The molecule has 2 N–H and O–H groups in total. The average Bonchev–Trinajstić information content (AvgIpc) is 2.20. The van der Waals surface area contributed by atoms with Gasteiger partial charge in [-0.3, -0.25) is 0 Å². The molecular weight excluding hydrogens is 170 g/mol. The van der Waals surface area contributed by atoms with E-state index in [9.17, 15) is 0 Å². The maximum Gasteiger partial charge on any atom is 0.0192 e. The van der Waals surface area contributed by atoms with Crippen LogP contribution in [0.2, 0.25) is 0 Å². The van der Waals surface area contributed by atoms with Crippen LogP contribution in [0.4, 0.5) is 0 Å². The molecule has 0 radical (unpaired) electrons. The van der Waals surface area contributed by atoms with Gasteiger partial charge in [-0.15, -0.1) is 0 Å². The average molecular weight is 191 g/mol. The molecule has 14 heavy (non-hydrogen) atoms. The molecule has 0 fully saturated rings. The van der Waals surface area contributed by atoms with E-state index in [1.165, 1.54) is 5.56 Å². The van der Waals surface area contributed by atoms with Crippen LogP contribution < -0.4 is 5.73 Å². The van der Waals surface area contributed by atoms with Gasteiger partial charge < -0.3 is 5.73 Å². The number of hydrogen-bond donors (Lipinski definition) is 1. The highest BCUT2D eigenvalue weighted by Gasteiger charge is 2.21. The highest BCUT2D eigenvalue weighted by atomic mass is 14.7. The fraction of sp³-hybridized carbons (Fsp3) is 0.538. The van der Waals surface area contributed by atoms with Gasteiger partial charge in [0.2, 0.25) is 0 Å².